The van der Waals surface area contributed by atoms with Gasteiger partial charge in [0.15, 0.2) is 5.16 Å². The van der Waals surface area contributed by atoms with Crippen molar-refractivity contribution in [3.8, 4) is 0 Å². The number of β-amino-alcohol motifs (C(OH)–C–C–N with tert-alkyl or cyclic N) is 1. The van der Waals surface area contributed by atoms with Crippen LogP contribution >= 0.6 is 11.8 Å². The van der Waals surface area contributed by atoms with E-state index in [2.05, 4.69) is 23.7 Å². The van der Waals surface area contributed by atoms with Crippen molar-refractivity contribution in [2.24, 2.45) is 7.05 Å². The summed E-state index contributed by atoms with van der Waals surface area (Å²) in [6, 6.07) is 0. The van der Waals surface area contributed by atoms with Crippen LogP contribution in [-0.2, 0) is 11.8 Å². The molecule has 3 unspecified atom stereocenters. The van der Waals surface area contributed by atoms with Crippen molar-refractivity contribution in [3.05, 3.63) is 12.4 Å². The van der Waals surface area contributed by atoms with Crippen LogP contribution in [0.4, 0.5) is 0 Å². The Kier molecular flexibility index (Phi) is 5.27. The SMILES string of the molecule is CC1CN(CC(O)CSc2nccn2C)CC(C)O1. The van der Waals surface area contributed by atoms with E-state index in [-0.39, 0.29) is 18.3 Å². The smallest absolute Gasteiger partial charge is 0.167 e. The lowest BCUT2D eigenvalue weighted by atomic mass is 10.2. The summed E-state index contributed by atoms with van der Waals surface area (Å²) in [5.74, 6) is 0.672. The number of aliphatic hydroxyl groups is 1. The highest BCUT2D eigenvalue weighted by atomic mass is 32.2. The molecule has 1 N–H and O–H groups in total. The van der Waals surface area contributed by atoms with Gasteiger partial charge in [-0.1, -0.05) is 11.8 Å². The summed E-state index contributed by atoms with van der Waals surface area (Å²) in [6.07, 6.45) is 3.86. The number of nitrogens with zero attached hydrogens (tertiary/aromatic N) is 3. The van der Waals surface area contributed by atoms with E-state index in [0.717, 1.165) is 18.2 Å². The van der Waals surface area contributed by atoms with Gasteiger partial charge < -0.3 is 14.4 Å². The summed E-state index contributed by atoms with van der Waals surface area (Å²) in [5.41, 5.74) is 0. The monoisotopic (exact) mass is 285 g/mol. The number of imidazole rings is 1. The fraction of sp³-hybridized carbons (Fsp3) is 0.769. The van der Waals surface area contributed by atoms with Gasteiger partial charge in [-0.15, -0.1) is 0 Å². The fourth-order valence-electron chi connectivity index (χ4n) is 2.45. The van der Waals surface area contributed by atoms with Crippen LogP contribution in [0.15, 0.2) is 17.6 Å². The summed E-state index contributed by atoms with van der Waals surface area (Å²) in [4.78, 5) is 6.52. The van der Waals surface area contributed by atoms with Crippen LogP contribution < -0.4 is 0 Å². The van der Waals surface area contributed by atoms with Gasteiger partial charge in [0.25, 0.3) is 0 Å². The zero-order valence-electron chi connectivity index (χ0n) is 11.8. The standard InChI is InChI=1S/C13H23N3O2S/c1-10-6-16(7-11(2)18-10)8-12(17)9-19-13-14-4-5-15(13)3/h4-5,10-12,17H,6-9H2,1-3H3. The second-order valence-electron chi connectivity index (χ2n) is 5.26. The van der Waals surface area contributed by atoms with Crippen LogP contribution in [0.1, 0.15) is 13.8 Å². The van der Waals surface area contributed by atoms with Crippen molar-refractivity contribution in [1.29, 1.82) is 0 Å². The molecule has 1 fully saturated rings. The maximum Gasteiger partial charge on any atom is 0.167 e. The lowest BCUT2D eigenvalue weighted by Gasteiger charge is -2.36. The molecule has 0 aliphatic carbocycles. The number of aromatic nitrogens is 2. The molecule has 19 heavy (non-hydrogen) atoms. The molecule has 1 aliphatic rings. The lowest BCUT2D eigenvalue weighted by Crippen LogP contribution is -2.48. The minimum Gasteiger partial charge on any atom is -0.391 e. The van der Waals surface area contributed by atoms with E-state index in [9.17, 15) is 5.11 Å². The second kappa shape index (κ2) is 6.74. The first kappa shape index (κ1) is 14.8. The molecule has 1 saturated heterocycles. The maximum atomic E-state index is 10.1. The number of aliphatic hydroxyl groups excluding tert-OH is 1. The molecule has 0 bridgehead atoms. The van der Waals surface area contributed by atoms with Gasteiger partial charge in [0.1, 0.15) is 0 Å². The molecule has 108 valence electrons. The molecule has 2 rings (SSSR count). The van der Waals surface area contributed by atoms with E-state index in [1.807, 2.05) is 17.8 Å². The number of rotatable bonds is 5. The van der Waals surface area contributed by atoms with Crippen LogP contribution in [-0.4, -0.2) is 63.3 Å². The minimum absolute atomic E-state index is 0.248. The van der Waals surface area contributed by atoms with Gasteiger partial charge in [0.05, 0.1) is 18.3 Å². The first-order chi connectivity index (χ1) is 9.04. The summed E-state index contributed by atoms with van der Waals surface area (Å²) >= 11 is 1.60. The van der Waals surface area contributed by atoms with Gasteiger partial charge >= 0.3 is 0 Å². The largest absolute Gasteiger partial charge is 0.391 e. The molecule has 1 aromatic heterocycles. The Balaban J connectivity index is 1.75. The lowest BCUT2D eigenvalue weighted by molar-refractivity contribution is -0.0750. The molecule has 0 saturated carbocycles. The number of aryl methyl sites for hydroxylation is 1. The molecular formula is C13H23N3O2S. The molecule has 5 nitrogen and oxygen atoms in total. The Morgan fingerprint density at radius 3 is 2.74 bits per heavy atom. The van der Waals surface area contributed by atoms with Crippen LogP contribution in [0, 0.1) is 0 Å². The van der Waals surface area contributed by atoms with Crippen molar-refractivity contribution in [1.82, 2.24) is 14.5 Å². The van der Waals surface area contributed by atoms with E-state index >= 15 is 0 Å². The number of thioether (sulfide) groups is 1. The Morgan fingerprint density at radius 1 is 1.47 bits per heavy atom. The summed E-state index contributed by atoms with van der Waals surface area (Å²) < 4.78 is 7.66. The van der Waals surface area contributed by atoms with E-state index in [0.29, 0.717) is 12.3 Å². The van der Waals surface area contributed by atoms with Gasteiger partial charge in [-0.25, -0.2) is 4.98 Å². The molecule has 1 aliphatic heterocycles. The van der Waals surface area contributed by atoms with Crippen molar-refractivity contribution in [2.75, 3.05) is 25.4 Å². The van der Waals surface area contributed by atoms with Crippen LogP contribution in [0.2, 0.25) is 0 Å². The Labute approximate surface area is 119 Å². The van der Waals surface area contributed by atoms with Crippen molar-refractivity contribution in [3.63, 3.8) is 0 Å². The third-order valence-corrected chi connectivity index (χ3v) is 4.35. The first-order valence-electron chi connectivity index (χ1n) is 6.70. The minimum atomic E-state index is -0.334. The first-order valence-corrected chi connectivity index (χ1v) is 7.69. The Hall–Kier alpha value is -0.560. The molecule has 0 radical (unpaired) electrons. The summed E-state index contributed by atoms with van der Waals surface area (Å²) in [7, 11) is 1.97. The number of morpholine rings is 1. The highest BCUT2D eigenvalue weighted by Crippen LogP contribution is 2.17. The predicted molar refractivity (Wildman–Crippen MR) is 76.4 cm³/mol. The number of ether oxygens (including phenoxy) is 1. The van der Waals surface area contributed by atoms with Gasteiger partial charge in [-0.05, 0) is 13.8 Å². The third kappa shape index (κ3) is 4.49. The van der Waals surface area contributed by atoms with Gasteiger partial charge in [0.2, 0.25) is 0 Å². The van der Waals surface area contributed by atoms with Crippen molar-refractivity contribution in [2.45, 2.75) is 37.3 Å². The molecule has 0 aromatic carbocycles. The molecule has 0 spiro atoms. The van der Waals surface area contributed by atoms with E-state index in [4.69, 9.17) is 4.74 Å². The van der Waals surface area contributed by atoms with Crippen LogP contribution in [0.25, 0.3) is 0 Å². The molecule has 3 atom stereocenters. The molecule has 2 heterocycles. The number of hydrogen-bond donors (Lipinski definition) is 1. The van der Waals surface area contributed by atoms with E-state index in [1.54, 1.807) is 18.0 Å². The Morgan fingerprint density at radius 2 is 2.16 bits per heavy atom. The predicted octanol–water partition coefficient (Wildman–Crippen LogP) is 0.982. The molecular weight excluding hydrogens is 262 g/mol. The number of hydrogen-bond acceptors (Lipinski definition) is 5. The van der Waals surface area contributed by atoms with E-state index < -0.39 is 0 Å². The van der Waals surface area contributed by atoms with Crippen molar-refractivity contribution < 1.29 is 9.84 Å². The Bertz CT molecular complexity index is 389. The van der Waals surface area contributed by atoms with Crippen molar-refractivity contribution >= 4 is 11.8 Å². The normalized spacial score (nSPS) is 26.5. The highest BCUT2D eigenvalue weighted by Gasteiger charge is 2.23. The average molecular weight is 285 g/mol. The quantitative estimate of drug-likeness (QED) is 0.817. The van der Waals surface area contributed by atoms with Gasteiger partial charge in [0, 0.05) is 44.8 Å². The van der Waals surface area contributed by atoms with E-state index in [1.165, 1.54) is 0 Å². The summed E-state index contributed by atoms with van der Waals surface area (Å²) in [5, 5.41) is 11.1. The zero-order valence-corrected chi connectivity index (χ0v) is 12.6. The average Bonchev–Trinajstić information content (AvgIpc) is 2.71. The topological polar surface area (TPSA) is 50.5 Å². The highest BCUT2D eigenvalue weighted by molar-refractivity contribution is 7.99. The second-order valence-corrected chi connectivity index (χ2v) is 6.25. The molecule has 6 heteroatoms. The molecule has 0 amide bonds. The molecule has 1 aromatic rings. The van der Waals surface area contributed by atoms with Gasteiger partial charge in [-0.3, -0.25) is 4.90 Å². The summed E-state index contributed by atoms with van der Waals surface area (Å²) in [6.45, 7) is 6.66. The zero-order chi connectivity index (χ0) is 13.8. The fourth-order valence-corrected chi connectivity index (χ4v) is 3.29. The van der Waals surface area contributed by atoms with Crippen LogP contribution in [0.3, 0.4) is 0 Å². The third-order valence-electron chi connectivity index (χ3n) is 3.15. The maximum absolute atomic E-state index is 10.1. The van der Waals surface area contributed by atoms with Crippen LogP contribution in [0.5, 0.6) is 0 Å². The van der Waals surface area contributed by atoms with Gasteiger partial charge in [-0.2, -0.15) is 0 Å².